The molecule has 1 unspecified atom stereocenters. The smallest absolute Gasteiger partial charge is 0.340 e. The molecule has 112 valence electrons. The number of imidazole rings is 1. The molecule has 2 aromatic heterocycles. The van der Waals surface area contributed by atoms with Crippen LogP contribution in [0.3, 0.4) is 0 Å². The zero-order chi connectivity index (χ0) is 15.2. The first-order valence-electron chi connectivity index (χ1n) is 6.75. The summed E-state index contributed by atoms with van der Waals surface area (Å²) >= 11 is 0. The van der Waals surface area contributed by atoms with E-state index in [0.717, 1.165) is 0 Å². The largest absolute Gasteiger partial charge is 0.462 e. The number of nitrogen functional groups attached to an aromatic ring is 1. The molecule has 0 amide bonds. The highest BCUT2D eigenvalue weighted by molar-refractivity contribution is 5.97. The number of nitrogens with one attached hydrogen (secondary N) is 1. The average molecular weight is 289 g/mol. The van der Waals surface area contributed by atoms with E-state index in [4.69, 9.17) is 10.5 Å². The zero-order valence-corrected chi connectivity index (χ0v) is 12.1. The maximum atomic E-state index is 11.8. The second-order valence-corrected chi connectivity index (χ2v) is 4.65. The maximum Gasteiger partial charge on any atom is 0.340 e. The highest BCUT2D eigenvalue weighted by atomic mass is 16.5. The molecule has 21 heavy (non-hydrogen) atoms. The summed E-state index contributed by atoms with van der Waals surface area (Å²) in [6, 6.07) is 1.63. The van der Waals surface area contributed by atoms with Crippen molar-refractivity contribution in [2.75, 3.05) is 17.7 Å². The number of nitrogens with zero attached hydrogens (tertiary/aromatic N) is 3. The average Bonchev–Trinajstić information content (AvgIpc) is 2.94. The summed E-state index contributed by atoms with van der Waals surface area (Å²) in [5.74, 6) is 0.0379. The van der Waals surface area contributed by atoms with Crippen molar-refractivity contribution < 1.29 is 9.53 Å². The van der Waals surface area contributed by atoms with Gasteiger partial charge in [-0.05, 0) is 19.9 Å². The van der Waals surface area contributed by atoms with Gasteiger partial charge in [-0.15, -0.1) is 0 Å². The Hall–Kier alpha value is -2.57. The standard InChI is InChI=1S/C14H19N5O2/c1-3-21-14(20)11-4-5-17-13(12(11)15)18-10(2)8-19-7-6-16-9-19/h4-7,9-10H,3,8,15H2,1-2H3,(H,17,18). The van der Waals surface area contributed by atoms with Crippen LogP contribution in [0.5, 0.6) is 0 Å². The number of anilines is 2. The lowest BCUT2D eigenvalue weighted by molar-refractivity contribution is 0.0527. The Morgan fingerprint density at radius 1 is 1.52 bits per heavy atom. The van der Waals surface area contributed by atoms with E-state index >= 15 is 0 Å². The fourth-order valence-corrected chi connectivity index (χ4v) is 1.97. The molecule has 7 nitrogen and oxygen atoms in total. The van der Waals surface area contributed by atoms with E-state index in [1.807, 2.05) is 17.7 Å². The molecule has 7 heteroatoms. The van der Waals surface area contributed by atoms with Crippen LogP contribution in [-0.4, -0.2) is 33.2 Å². The van der Waals surface area contributed by atoms with Crippen LogP contribution >= 0.6 is 0 Å². The minimum absolute atomic E-state index is 0.0754. The third kappa shape index (κ3) is 3.71. The lowest BCUT2D eigenvalue weighted by Gasteiger charge is -2.17. The SMILES string of the molecule is CCOC(=O)c1ccnc(NC(C)Cn2ccnc2)c1N. The van der Waals surface area contributed by atoms with E-state index in [-0.39, 0.29) is 6.04 Å². The van der Waals surface area contributed by atoms with Crippen molar-refractivity contribution in [3.05, 3.63) is 36.5 Å². The number of pyridine rings is 1. The van der Waals surface area contributed by atoms with Crippen molar-refractivity contribution in [3.8, 4) is 0 Å². The number of hydrogen-bond donors (Lipinski definition) is 2. The van der Waals surface area contributed by atoms with Gasteiger partial charge in [-0.3, -0.25) is 0 Å². The third-order valence-electron chi connectivity index (χ3n) is 2.91. The molecule has 2 rings (SSSR count). The quantitative estimate of drug-likeness (QED) is 0.783. The molecule has 0 aliphatic carbocycles. The predicted molar refractivity (Wildman–Crippen MR) is 79.9 cm³/mol. The maximum absolute atomic E-state index is 11.8. The summed E-state index contributed by atoms with van der Waals surface area (Å²) < 4.78 is 6.91. The summed E-state index contributed by atoms with van der Waals surface area (Å²) in [7, 11) is 0. The first-order valence-corrected chi connectivity index (χ1v) is 6.75. The van der Waals surface area contributed by atoms with Crippen LogP contribution in [0.15, 0.2) is 31.0 Å². The van der Waals surface area contributed by atoms with Crippen LogP contribution in [0.4, 0.5) is 11.5 Å². The number of carbonyl (C=O) groups excluding carboxylic acids is 1. The van der Waals surface area contributed by atoms with Crippen LogP contribution < -0.4 is 11.1 Å². The van der Waals surface area contributed by atoms with Crippen molar-refractivity contribution in [2.45, 2.75) is 26.4 Å². The molecule has 0 bridgehead atoms. The molecule has 2 aromatic rings. The fraction of sp³-hybridized carbons (Fsp3) is 0.357. The van der Waals surface area contributed by atoms with E-state index in [9.17, 15) is 4.79 Å². The number of ether oxygens (including phenoxy) is 1. The molecular formula is C14H19N5O2. The Kier molecular flexibility index (Phi) is 4.76. The van der Waals surface area contributed by atoms with Crippen molar-refractivity contribution in [2.24, 2.45) is 0 Å². The van der Waals surface area contributed by atoms with Gasteiger partial charge >= 0.3 is 5.97 Å². The molecule has 0 fully saturated rings. The lowest BCUT2D eigenvalue weighted by atomic mass is 10.2. The molecule has 0 aromatic carbocycles. The van der Waals surface area contributed by atoms with Crippen LogP contribution in [0, 0.1) is 0 Å². The predicted octanol–water partition coefficient (Wildman–Crippen LogP) is 1.54. The molecule has 0 saturated carbocycles. The summed E-state index contributed by atoms with van der Waals surface area (Å²) in [6.45, 7) is 4.77. The fourth-order valence-electron chi connectivity index (χ4n) is 1.97. The highest BCUT2D eigenvalue weighted by Crippen LogP contribution is 2.21. The topological polar surface area (TPSA) is 95.1 Å². The molecule has 0 radical (unpaired) electrons. The number of rotatable bonds is 6. The second-order valence-electron chi connectivity index (χ2n) is 4.65. The van der Waals surface area contributed by atoms with E-state index in [0.29, 0.717) is 30.2 Å². The number of nitrogens with two attached hydrogens (primary N) is 1. The number of aromatic nitrogens is 3. The van der Waals surface area contributed by atoms with E-state index < -0.39 is 5.97 Å². The lowest BCUT2D eigenvalue weighted by Crippen LogP contribution is -2.23. The summed E-state index contributed by atoms with van der Waals surface area (Å²) in [5, 5.41) is 3.19. The van der Waals surface area contributed by atoms with Crippen LogP contribution in [0.1, 0.15) is 24.2 Å². The Morgan fingerprint density at radius 2 is 2.33 bits per heavy atom. The van der Waals surface area contributed by atoms with Crippen LogP contribution in [-0.2, 0) is 11.3 Å². The van der Waals surface area contributed by atoms with Crippen molar-refractivity contribution in [1.29, 1.82) is 0 Å². The minimum atomic E-state index is -0.442. The van der Waals surface area contributed by atoms with Crippen molar-refractivity contribution in [3.63, 3.8) is 0 Å². The van der Waals surface area contributed by atoms with Gasteiger partial charge in [-0.1, -0.05) is 0 Å². The Bertz CT molecular complexity index is 597. The first kappa shape index (κ1) is 14.8. The number of hydrogen-bond acceptors (Lipinski definition) is 6. The van der Waals surface area contributed by atoms with Crippen LogP contribution in [0.25, 0.3) is 0 Å². The number of carbonyl (C=O) groups is 1. The van der Waals surface area contributed by atoms with Gasteiger partial charge < -0.3 is 20.4 Å². The normalized spacial score (nSPS) is 11.9. The Morgan fingerprint density at radius 3 is 3.00 bits per heavy atom. The van der Waals surface area contributed by atoms with Gasteiger partial charge in [0.15, 0.2) is 0 Å². The van der Waals surface area contributed by atoms with E-state index in [1.165, 1.54) is 6.20 Å². The summed E-state index contributed by atoms with van der Waals surface area (Å²) in [5.41, 5.74) is 6.61. The van der Waals surface area contributed by atoms with E-state index in [1.54, 1.807) is 25.5 Å². The van der Waals surface area contributed by atoms with Crippen LogP contribution in [0.2, 0.25) is 0 Å². The minimum Gasteiger partial charge on any atom is -0.462 e. The Balaban J connectivity index is 2.09. The number of esters is 1. The molecule has 3 N–H and O–H groups in total. The van der Waals surface area contributed by atoms with Gasteiger partial charge in [-0.2, -0.15) is 0 Å². The molecule has 0 saturated heterocycles. The summed E-state index contributed by atoms with van der Waals surface area (Å²) in [4.78, 5) is 20.0. The van der Waals surface area contributed by atoms with Crippen molar-refractivity contribution >= 4 is 17.5 Å². The van der Waals surface area contributed by atoms with Gasteiger partial charge in [-0.25, -0.2) is 14.8 Å². The third-order valence-corrected chi connectivity index (χ3v) is 2.91. The van der Waals surface area contributed by atoms with Gasteiger partial charge in [0.2, 0.25) is 0 Å². The van der Waals surface area contributed by atoms with Gasteiger partial charge in [0.1, 0.15) is 5.82 Å². The summed E-state index contributed by atoms with van der Waals surface area (Å²) in [6.07, 6.45) is 6.88. The second kappa shape index (κ2) is 6.74. The van der Waals surface area contributed by atoms with Gasteiger partial charge in [0.05, 0.1) is 24.2 Å². The molecule has 0 aliphatic heterocycles. The molecule has 1 atom stereocenters. The molecule has 0 aliphatic rings. The van der Waals surface area contributed by atoms with Crippen molar-refractivity contribution in [1.82, 2.24) is 14.5 Å². The molecule has 2 heterocycles. The Labute approximate surface area is 123 Å². The zero-order valence-electron chi connectivity index (χ0n) is 12.1. The molecule has 0 spiro atoms. The van der Waals surface area contributed by atoms with E-state index in [2.05, 4.69) is 15.3 Å². The monoisotopic (exact) mass is 289 g/mol. The van der Waals surface area contributed by atoms with Gasteiger partial charge in [0.25, 0.3) is 0 Å². The first-order chi connectivity index (χ1) is 10.1. The molecular weight excluding hydrogens is 270 g/mol. The van der Waals surface area contributed by atoms with Gasteiger partial charge in [0, 0.05) is 31.2 Å². The highest BCUT2D eigenvalue weighted by Gasteiger charge is 2.15.